The molecule has 1 aliphatic rings. The first kappa shape index (κ1) is 20.4. The predicted octanol–water partition coefficient (Wildman–Crippen LogP) is 4.01. The average Bonchev–Trinajstić information content (AvgIpc) is 2.67. The summed E-state index contributed by atoms with van der Waals surface area (Å²) in [6.07, 6.45) is 2.16. The highest BCUT2D eigenvalue weighted by molar-refractivity contribution is 7.89. The summed E-state index contributed by atoms with van der Waals surface area (Å²) in [6, 6.07) is 13.3. The molecule has 0 bridgehead atoms. The van der Waals surface area contributed by atoms with Gasteiger partial charge in [0.25, 0.3) is 0 Å². The molecule has 2 N–H and O–H groups in total. The Kier molecular flexibility index (Phi) is 5.76. The normalized spacial score (nSPS) is 18.0. The fourth-order valence-electron chi connectivity index (χ4n) is 3.58. The highest BCUT2D eigenvalue weighted by Gasteiger charge is 2.39. The minimum Gasteiger partial charge on any atom is -0.487 e. The number of hydrogen-bond donors (Lipinski definition) is 2. The number of hydrogen-bond acceptors (Lipinski definition) is 4. The van der Waals surface area contributed by atoms with E-state index in [4.69, 9.17) is 4.74 Å². The van der Waals surface area contributed by atoms with Gasteiger partial charge in [-0.1, -0.05) is 32.0 Å². The highest BCUT2D eigenvalue weighted by atomic mass is 32.2. The van der Waals surface area contributed by atoms with E-state index in [9.17, 15) is 13.2 Å². The Bertz CT molecular complexity index is 951. The van der Waals surface area contributed by atoms with Crippen molar-refractivity contribution < 1.29 is 17.9 Å². The number of carbonyl (C=O) groups is 1. The summed E-state index contributed by atoms with van der Waals surface area (Å²) < 4.78 is 35.1. The zero-order chi connectivity index (χ0) is 20.4. The van der Waals surface area contributed by atoms with Gasteiger partial charge in [-0.25, -0.2) is 13.1 Å². The molecule has 3 rings (SSSR count). The van der Waals surface area contributed by atoms with Crippen LogP contribution in [0, 0.1) is 0 Å². The Hall–Kier alpha value is -2.38. The summed E-state index contributed by atoms with van der Waals surface area (Å²) >= 11 is 0. The Balaban J connectivity index is 1.89. The molecule has 1 atom stereocenters. The summed E-state index contributed by atoms with van der Waals surface area (Å²) in [4.78, 5) is 11.3. The van der Waals surface area contributed by atoms with E-state index in [2.05, 4.69) is 23.9 Å². The van der Waals surface area contributed by atoms with E-state index in [1.54, 1.807) is 12.1 Å². The van der Waals surface area contributed by atoms with Gasteiger partial charge in [-0.3, -0.25) is 4.79 Å². The van der Waals surface area contributed by atoms with Gasteiger partial charge in [0.1, 0.15) is 11.4 Å². The predicted molar refractivity (Wildman–Crippen MR) is 109 cm³/mol. The molecule has 150 valence electrons. The van der Waals surface area contributed by atoms with Crippen LogP contribution >= 0.6 is 0 Å². The molecular weight excluding hydrogens is 376 g/mol. The van der Waals surface area contributed by atoms with Gasteiger partial charge in [-0.2, -0.15) is 0 Å². The van der Waals surface area contributed by atoms with Crippen molar-refractivity contribution in [2.24, 2.45) is 0 Å². The summed E-state index contributed by atoms with van der Waals surface area (Å²) in [6.45, 7) is 5.52. The first-order valence-corrected chi connectivity index (χ1v) is 10.9. The van der Waals surface area contributed by atoms with Gasteiger partial charge in [0.05, 0.1) is 10.9 Å². The maximum Gasteiger partial charge on any atom is 0.241 e. The Morgan fingerprint density at radius 3 is 2.36 bits per heavy atom. The lowest BCUT2D eigenvalue weighted by Gasteiger charge is -2.41. The molecule has 1 aliphatic heterocycles. The van der Waals surface area contributed by atoms with Gasteiger partial charge in [-0.15, -0.1) is 0 Å². The zero-order valence-corrected chi connectivity index (χ0v) is 17.2. The Labute approximate surface area is 166 Å². The lowest BCUT2D eigenvalue weighted by molar-refractivity contribution is -0.114. The summed E-state index contributed by atoms with van der Waals surface area (Å²) in [5.74, 6) is 0.522. The van der Waals surface area contributed by atoms with Crippen molar-refractivity contribution in [3.63, 3.8) is 0 Å². The maximum absolute atomic E-state index is 13.0. The third-order valence-electron chi connectivity index (χ3n) is 5.27. The number of sulfonamides is 1. The molecule has 0 radical (unpaired) electrons. The van der Waals surface area contributed by atoms with E-state index in [0.29, 0.717) is 12.1 Å². The average molecular weight is 403 g/mol. The van der Waals surface area contributed by atoms with Crippen LogP contribution in [-0.4, -0.2) is 19.9 Å². The van der Waals surface area contributed by atoms with Crippen LogP contribution in [0.1, 0.15) is 51.6 Å². The van der Waals surface area contributed by atoms with Crippen LogP contribution in [0.4, 0.5) is 5.69 Å². The number of nitrogens with one attached hydrogen (secondary N) is 2. The van der Waals surface area contributed by atoms with Gasteiger partial charge >= 0.3 is 0 Å². The molecule has 0 unspecified atom stereocenters. The molecule has 0 spiro atoms. The topological polar surface area (TPSA) is 84.5 Å². The smallest absolute Gasteiger partial charge is 0.241 e. The van der Waals surface area contributed by atoms with Gasteiger partial charge in [0, 0.05) is 24.6 Å². The monoisotopic (exact) mass is 402 g/mol. The zero-order valence-electron chi connectivity index (χ0n) is 16.4. The molecule has 1 heterocycles. The fourth-order valence-corrected chi connectivity index (χ4v) is 4.80. The number of benzene rings is 2. The van der Waals surface area contributed by atoms with Crippen LogP contribution in [0.3, 0.4) is 0 Å². The first-order valence-electron chi connectivity index (χ1n) is 9.46. The van der Waals surface area contributed by atoms with Crippen molar-refractivity contribution in [1.82, 2.24) is 4.72 Å². The number of para-hydroxylation sites is 1. The second-order valence-corrected chi connectivity index (χ2v) is 8.83. The van der Waals surface area contributed by atoms with E-state index in [-0.39, 0.29) is 16.8 Å². The van der Waals surface area contributed by atoms with Crippen LogP contribution in [0.2, 0.25) is 0 Å². The number of rotatable bonds is 6. The number of amides is 1. The van der Waals surface area contributed by atoms with E-state index in [1.807, 2.05) is 24.3 Å². The fraction of sp³-hybridized carbons (Fsp3) is 0.381. The molecule has 0 aliphatic carbocycles. The van der Waals surface area contributed by atoms with Gasteiger partial charge in [0.2, 0.25) is 15.9 Å². The lowest BCUT2D eigenvalue weighted by Crippen LogP contribution is -2.44. The van der Waals surface area contributed by atoms with E-state index < -0.39 is 15.6 Å². The van der Waals surface area contributed by atoms with Gasteiger partial charge < -0.3 is 10.1 Å². The van der Waals surface area contributed by atoms with Gasteiger partial charge in [0.15, 0.2) is 0 Å². The molecule has 2 aromatic rings. The molecule has 0 saturated heterocycles. The molecule has 0 saturated carbocycles. The molecule has 0 fully saturated rings. The standard InChI is InChI=1S/C21H26N2O4S/c1-4-21(5-2)14-19(18-8-6-7-9-20(18)27-21)23-28(25,26)17-12-10-16(11-13-17)22-15(3)24/h6-13,19,23H,4-5,14H2,1-3H3,(H,22,24)/t19-/m0/s1. The highest BCUT2D eigenvalue weighted by Crippen LogP contribution is 2.43. The Morgan fingerprint density at radius 2 is 1.75 bits per heavy atom. The third kappa shape index (κ3) is 4.20. The van der Waals surface area contributed by atoms with Gasteiger partial charge in [-0.05, 0) is 43.2 Å². The minimum atomic E-state index is -3.73. The number of anilines is 1. The van der Waals surface area contributed by atoms with Crippen LogP contribution < -0.4 is 14.8 Å². The summed E-state index contributed by atoms with van der Waals surface area (Å²) in [5.41, 5.74) is 1.01. The molecule has 6 nitrogen and oxygen atoms in total. The number of fused-ring (bicyclic) bond motifs is 1. The summed E-state index contributed by atoms with van der Waals surface area (Å²) in [5, 5.41) is 2.63. The minimum absolute atomic E-state index is 0.157. The van der Waals surface area contributed by atoms with Crippen molar-refractivity contribution in [2.75, 3.05) is 5.32 Å². The molecule has 2 aromatic carbocycles. The molecule has 0 aromatic heterocycles. The van der Waals surface area contributed by atoms with Crippen molar-refractivity contribution in [3.05, 3.63) is 54.1 Å². The SMILES string of the molecule is CCC1(CC)C[C@H](NS(=O)(=O)c2ccc(NC(C)=O)cc2)c2ccccc2O1. The molecule has 1 amide bonds. The lowest BCUT2D eigenvalue weighted by atomic mass is 9.84. The molecular formula is C21H26N2O4S. The van der Waals surface area contributed by atoms with Crippen LogP contribution in [0.15, 0.2) is 53.4 Å². The van der Waals surface area contributed by atoms with Crippen LogP contribution in [-0.2, 0) is 14.8 Å². The largest absolute Gasteiger partial charge is 0.487 e. The molecule has 28 heavy (non-hydrogen) atoms. The second-order valence-electron chi connectivity index (χ2n) is 7.11. The van der Waals surface area contributed by atoms with Crippen molar-refractivity contribution >= 4 is 21.6 Å². The van der Waals surface area contributed by atoms with E-state index in [1.165, 1.54) is 19.1 Å². The van der Waals surface area contributed by atoms with E-state index in [0.717, 1.165) is 24.2 Å². The quantitative estimate of drug-likeness (QED) is 0.765. The van der Waals surface area contributed by atoms with Crippen molar-refractivity contribution in [1.29, 1.82) is 0 Å². The summed E-state index contributed by atoms with van der Waals surface area (Å²) in [7, 11) is -3.73. The van der Waals surface area contributed by atoms with Crippen molar-refractivity contribution in [2.45, 2.75) is 56.6 Å². The van der Waals surface area contributed by atoms with E-state index >= 15 is 0 Å². The molecule has 7 heteroatoms. The Morgan fingerprint density at radius 1 is 1.11 bits per heavy atom. The number of carbonyl (C=O) groups excluding carboxylic acids is 1. The number of ether oxygens (including phenoxy) is 1. The van der Waals surface area contributed by atoms with Crippen LogP contribution in [0.5, 0.6) is 5.75 Å². The first-order chi connectivity index (χ1) is 13.3. The van der Waals surface area contributed by atoms with Crippen molar-refractivity contribution in [3.8, 4) is 5.75 Å². The maximum atomic E-state index is 13.0. The second kappa shape index (κ2) is 7.93. The third-order valence-corrected chi connectivity index (χ3v) is 6.76. The van der Waals surface area contributed by atoms with Crippen LogP contribution in [0.25, 0.3) is 0 Å².